The highest BCUT2D eigenvalue weighted by Crippen LogP contribution is 2.22. The standard InChI is InChI=1S/C20H17ClN4O2S/c21-15-5-7-16(8-6-15)22-19(27)24-20-23-17(12-28-20)18(26)25-10-9-13-3-1-2-4-14(13)11-25/h1-8,12H,9-11H2,(H2,22,23,24,27). The molecule has 3 aromatic rings. The zero-order valence-electron chi connectivity index (χ0n) is 14.8. The van der Waals surface area contributed by atoms with Gasteiger partial charge < -0.3 is 10.2 Å². The van der Waals surface area contributed by atoms with Crippen molar-refractivity contribution in [3.8, 4) is 0 Å². The van der Waals surface area contributed by atoms with E-state index in [9.17, 15) is 9.59 Å². The Morgan fingerprint density at radius 1 is 1.04 bits per heavy atom. The number of amides is 3. The van der Waals surface area contributed by atoms with Crippen LogP contribution >= 0.6 is 22.9 Å². The molecule has 1 aliphatic rings. The lowest BCUT2D eigenvalue weighted by molar-refractivity contribution is 0.0729. The molecule has 0 saturated heterocycles. The third-order valence-electron chi connectivity index (χ3n) is 4.46. The number of thiazole rings is 1. The number of anilines is 2. The van der Waals surface area contributed by atoms with Gasteiger partial charge in [0.1, 0.15) is 5.69 Å². The second-order valence-corrected chi connectivity index (χ2v) is 7.66. The van der Waals surface area contributed by atoms with Crippen LogP contribution in [0.5, 0.6) is 0 Å². The normalized spacial score (nSPS) is 13.0. The van der Waals surface area contributed by atoms with E-state index >= 15 is 0 Å². The van der Waals surface area contributed by atoms with E-state index in [-0.39, 0.29) is 5.91 Å². The quantitative estimate of drug-likeness (QED) is 0.658. The monoisotopic (exact) mass is 412 g/mol. The SMILES string of the molecule is O=C(Nc1ccc(Cl)cc1)Nc1nc(C(=O)N2CCc3ccccc3C2)cs1. The van der Waals surface area contributed by atoms with Crippen LogP contribution in [0.3, 0.4) is 0 Å². The Morgan fingerprint density at radius 2 is 1.79 bits per heavy atom. The summed E-state index contributed by atoms with van der Waals surface area (Å²) in [6, 6.07) is 14.5. The van der Waals surface area contributed by atoms with E-state index in [0.29, 0.717) is 34.6 Å². The van der Waals surface area contributed by atoms with Crippen LogP contribution in [0.4, 0.5) is 15.6 Å². The van der Waals surface area contributed by atoms with Crippen LogP contribution < -0.4 is 10.6 Å². The van der Waals surface area contributed by atoms with Gasteiger partial charge in [-0.3, -0.25) is 10.1 Å². The first-order valence-corrected chi connectivity index (χ1v) is 9.99. The number of fused-ring (bicyclic) bond motifs is 1. The maximum Gasteiger partial charge on any atom is 0.325 e. The third kappa shape index (κ3) is 4.16. The molecule has 8 heteroatoms. The Labute approximate surface area is 171 Å². The fourth-order valence-electron chi connectivity index (χ4n) is 3.05. The molecule has 0 aliphatic carbocycles. The van der Waals surface area contributed by atoms with E-state index in [1.165, 1.54) is 16.9 Å². The van der Waals surface area contributed by atoms with Gasteiger partial charge >= 0.3 is 6.03 Å². The molecule has 28 heavy (non-hydrogen) atoms. The van der Waals surface area contributed by atoms with Crippen LogP contribution in [0.15, 0.2) is 53.9 Å². The molecule has 0 fully saturated rings. The van der Waals surface area contributed by atoms with Gasteiger partial charge in [0, 0.05) is 29.2 Å². The van der Waals surface area contributed by atoms with Crippen molar-refractivity contribution >= 4 is 45.7 Å². The first-order chi connectivity index (χ1) is 13.6. The Kier molecular flexibility index (Phi) is 5.27. The zero-order valence-corrected chi connectivity index (χ0v) is 16.4. The molecule has 2 aromatic carbocycles. The fourth-order valence-corrected chi connectivity index (χ4v) is 3.86. The Hall–Kier alpha value is -2.90. The zero-order chi connectivity index (χ0) is 19.5. The number of benzene rings is 2. The van der Waals surface area contributed by atoms with Crippen molar-refractivity contribution in [1.29, 1.82) is 0 Å². The van der Waals surface area contributed by atoms with Gasteiger partial charge in [0.25, 0.3) is 5.91 Å². The van der Waals surface area contributed by atoms with Crippen molar-refractivity contribution < 1.29 is 9.59 Å². The number of hydrogen-bond donors (Lipinski definition) is 2. The highest BCUT2D eigenvalue weighted by molar-refractivity contribution is 7.14. The number of carbonyl (C=O) groups excluding carboxylic acids is 2. The van der Waals surface area contributed by atoms with E-state index in [0.717, 1.165) is 12.0 Å². The predicted molar refractivity (Wildman–Crippen MR) is 111 cm³/mol. The van der Waals surface area contributed by atoms with E-state index in [4.69, 9.17) is 11.6 Å². The Balaban J connectivity index is 1.38. The van der Waals surface area contributed by atoms with Crippen molar-refractivity contribution in [3.63, 3.8) is 0 Å². The molecule has 0 unspecified atom stereocenters. The number of hydrogen-bond acceptors (Lipinski definition) is 4. The van der Waals surface area contributed by atoms with Crippen molar-refractivity contribution in [2.45, 2.75) is 13.0 Å². The molecule has 0 atom stereocenters. The average molecular weight is 413 g/mol. The van der Waals surface area contributed by atoms with Crippen LogP contribution in [0.1, 0.15) is 21.6 Å². The van der Waals surface area contributed by atoms with Crippen LogP contribution in [0.2, 0.25) is 5.02 Å². The summed E-state index contributed by atoms with van der Waals surface area (Å²) in [5, 5.41) is 7.97. The van der Waals surface area contributed by atoms with Gasteiger partial charge in [-0.15, -0.1) is 11.3 Å². The largest absolute Gasteiger partial charge is 0.333 e. The lowest BCUT2D eigenvalue weighted by Crippen LogP contribution is -2.36. The molecule has 2 N–H and O–H groups in total. The van der Waals surface area contributed by atoms with Gasteiger partial charge in [-0.2, -0.15) is 0 Å². The lowest BCUT2D eigenvalue weighted by atomic mass is 10.00. The molecule has 4 rings (SSSR count). The number of aromatic nitrogens is 1. The summed E-state index contributed by atoms with van der Waals surface area (Å²) in [6.07, 6.45) is 0.834. The number of urea groups is 1. The molecular weight excluding hydrogens is 396 g/mol. The molecule has 142 valence electrons. The molecule has 6 nitrogen and oxygen atoms in total. The van der Waals surface area contributed by atoms with E-state index in [1.807, 2.05) is 18.2 Å². The van der Waals surface area contributed by atoms with Crippen molar-refractivity contribution in [2.75, 3.05) is 17.2 Å². The molecule has 3 amide bonds. The minimum Gasteiger partial charge on any atom is -0.333 e. The Bertz CT molecular complexity index is 1020. The van der Waals surface area contributed by atoms with Crippen LogP contribution in [-0.4, -0.2) is 28.4 Å². The van der Waals surface area contributed by atoms with Crippen molar-refractivity contribution in [1.82, 2.24) is 9.88 Å². The van der Waals surface area contributed by atoms with Gasteiger partial charge in [-0.05, 0) is 41.8 Å². The van der Waals surface area contributed by atoms with Gasteiger partial charge in [0.2, 0.25) is 0 Å². The van der Waals surface area contributed by atoms with Crippen molar-refractivity contribution in [3.05, 3.63) is 75.8 Å². The van der Waals surface area contributed by atoms with Gasteiger partial charge in [0.15, 0.2) is 5.13 Å². The number of nitrogens with zero attached hydrogens (tertiary/aromatic N) is 2. The van der Waals surface area contributed by atoms with E-state index in [1.54, 1.807) is 34.5 Å². The lowest BCUT2D eigenvalue weighted by Gasteiger charge is -2.28. The van der Waals surface area contributed by atoms with Gasteiger partial charge in [-0.25, -0.2) is 9.78 Å². The first-order valence-electron chi connectivity index (χ1n) is 8.73. The number of halogens is 1. The van der Waals surface area contributed by atoms with E-state index in [2.05, 4.69) is 21.7 Å². The predicted octanol–water partition coefficient (Wildman–Crippen LogP) is 4.64. The summed E-state index contributed by atoms with van der Waals surface area (Å²) in [4.78, 5) is 30.9. The summed E-state index contributed by atoms with van der Waals surface area (Å²) in [7, 11) is 0. The first kappa shape index (κ1) is 18.5. The Morgan fingerprint density at radius 3 is 2.57 bits per heavy atom. The molecule has 2 heterocycles. The second-order valence-electron chi connectivity index (χ2n) is 6.37. The summed E-state index contributed by atoms with van der Waals surface area (Å²) >= 11 is 7.05. The molecule has 0 bridgehead atoms. The van der Waals surface area contributed by atoms with Crippen LogP contribution in [0.25, 0.3) is 0 Å². The number of nitrogens with one attached hydrogen (secondary N) is 2. The molecule has 1 aliphatic heterocycles. The maximum absolute atomic E-state index is 12.8. The molecule has 0 saturated carbocycles. The molecule has 0 spiro atoms. The molecule has 0 radical (unpaired) electrons. The average Bonchev–Trinajstić information content (AvgIpc) is 3.17. The second kappa shape index (κ2) is 8.00. The minimum atomic E-state index is -0.428. The summed E-state index contributed by atoms with van der Waals surface area (Å²) in [6.45, 7) is 1.24. The minimum absolute atomic E-state index is 0.128. The molecule has 1 aromatic heterocycles. The maximum atomic E-state index is 12.8. The van der Waals surface area contributed by atoms with Crippen molar-refractivity contribution in [2.24, 2.45) is 0 Å². The summed E-state index contributed by atoms with van der Waals surface area (Å²) in [5.41, 5.74) is 3.40. The number of rotatable bonds is 3. The molecular formula is C20H17ClN4O2S. The highest BCUT2D eigenvalue weighted by atomic mass is 35.5. The van der Waals surface area contributed by atoms with Gasteiger partial charge in [-0.1, -0.05) is 35.9 Å². The number of carbonyl (C=O) groups is 2. The smallest absolute Gasteiger partial charge is 0.325 e. The fraction of sp³-hybridized carbons (Fsp3) is 0.150. The topological polar surface area (TPSA) is 74.3 Å². The van der Waals surface area contributed by atoms with Crippen LogP contribution in [-0.2, 0) is 13.0 Å². The van der Waals surface area contributed by atoms with Crippen LogP contribution in [0, 0.1) is 0 Å². The third-order valence-corrected chi connectivity index (χ3v) is 5.47. The summed E-state index contributed by atoms with van der Waals surface area (Å²) < 4.78 is 0. The summed E-state index contributed by atoms with van der Waals surface area (Å²) in [5.74, 6) is -0.128. The van der Waals surface area contributed by atoms with Gasteiger partial charge in [0.05, 0.1) is 0 Å². The highest BCUT2D eigenvalue weighted by Gasteiger charge is 2.23. The van der Waals surface area contributed by atoms with E-state index < -0.39 is 6.03 Å².